The Morgan fingerprint density at radius 1 is 0.269 bits per heavy atom. The quantitative estimate of drug-likeness (QED) is 0.0261. The van der Waals surface area contributed by atoms with Crippen LogP contribution < -0.4 is 0 Å². The molecule has 0 N–H and O–H groups in total. The second-order valence-electron chi connectivity index (χ2n) is 22.7. The first-order chi connectivity index (χ1) is 38.5. The van der Waals surface area contributed by atoms with Crippen molar-refractivity contribution in [1.82, 2.24) is 0 Å². The Labute approximate surface area is 484 Å². The van der Waals surface area contributed by atoms with Crippen molar-refractivity contribution >= 4 is 17.9 Å². The summed E-state index contributed by atoms with van der Waals surface area (Å²) in [5, 5.41) is 0. The summed E-state index contributed by atoms with van der Waals surface area (Å²) < 4.78 is 17.0. The fourth-order valence-electron chi connectivity index (χ4n) is 9.88. The molecule has 0 rings (SSSR count). The number of allylic oxidation sites excluding steroid dienone is 12. The lowest BCUT2D eigenvalue weighted by atomic mass is 10.0. The normalized spacial score (nSPS) is 12.5. The molecule has 0 aromatic carbocycles. The molecule has 0 aromatic heterocycles. The molecule has 78 heavy (non-hydrogen) atoms. The molecule has 0 aliphatic carbocycles. The summed E-state index contributed by atoms with van der Waals surface area (Å²) in [6.07, 6.45) is 86.3. The lowest BCUT2D eigenvalue weighted by Crippen LogP contribution is -2.30. The third kappa shape index (κ3) is 63.7. The van der Waals surface area contributed by atoms with Gasteiger partial charge in [-0.05, 0) is 89.9 Å². The van der Waals surface area contributed by atoms with Crippen molar-refractivity contribution in [3.8, 4) is 0 Å². The van der Waals surface area contributed by atoms with Gasteiger partial charge >= 0.3 is 17.9 Å². The Bertz CT molecular complexity index is 1440. The van der Waals surface area contributed by atoms with Crippen LogP contribution in [0, 0.1) is 0 Å². The molecule has 0 saturated carbocycles. The van der Waals surface area contributed by atoms with E-state index in [-0.39, 0.29) is 31.1 Å². The molecule has 0 aliphatic heterocycles. The van der Waals surface area contributed by atoms with Gasteiger partial charge in [-0.25, -0.2) is 0 Å². The SMILES string of the molecule is CC/C=C\C/C=C\C/C=C\C/C=C\CCCCCCC(=O)OCC(COC(=O)CCCCCCCCCCCCC/C=C\C/C=C\CCCCCCC)OC(=O)CCCCCCCCCCCCCCCCCCCCCC. The minimum atomic E-state index is -0.787. The fraction of sp³-hybridized carbons (Fsp3) is 0.792. The second-order valence-corrected chi connectivity index (χ2v) is 22.7. The molecule has 0 fully saturated rings. The van der Waals surface area contributed by atoms with E-state index in [0.29, 0.717) is 19.3 Å². The van der Waals surface area contributed by atoms with Crippen LogP contribution in [-0.4, -0.2) is 37.2 Å². The molecule has 0 saturated heterocycles. The summed E-state index contributed by atoms with van der Waals surface area (Å²) in [5.74, 6) is -0.887. The van der Waals surface area contributed by atoms with Crippen molar-refractivity contribution < 1.29 is 28.6 Å². The van der Waals surface area contributed by atoms with E-state index in [9.17, 15) is 14.4 Å². The molecule has 0 aliphatic rings. The molecule has 6 nitrogen and oxygen atoms in total. The van der Waals surface area contributed by atoms with E-state index in [4.69, 9.17) is 14.2 Å². The first-order valence-electron chi connectivity index (χ1n) is 33.9. The maximum absolute atomic E-state index is 12.9. The van der Waals surface area contributed by atoms with Crippen molar-refractivity contribution in [2.75, 3.05) is 13.2 Å². The second kappa shape index (κ2) is 66.4. The van der Waals surface area contributed by atoms with Crippen molar-refractivity contribution in [2.45, 2.75) is 354 Å². The number of carbonyl (C=O) groups excluding carboxylic acids is 3. The van der Waals surface area contributed by atoms with Crippen molar-refractivity contribution in [3.63, 3.8) is 0 Å². The molecular formula is C72H128O6. The highest BCUT2D eigenvalue weighted by Gasteiger charge is 2.19. The van der Waals surface area contributed by atoms with Gasteiger partial charge in [-0.3, -0.25) is 14.4 Å². The van der Waals surface area contributed by atoms with Gasteiger partial charge in [0.15, 0.2) is 6.10 Å². The first-order valence-corrected chi connectivity index (χ1v) is 33.9. The lowest BCUT2D eigenvalue weighted by Gasteiger charge is -2.18. The molecule has 0 spiro atoms. The molecular weight excluding hydrogens is 961 g/mol. The summed E-state index contributed by atoms with van der Waals surface area (Å²) >= 11 is 0. The Morgan fingerprint density at radius 3 is 0.782 bits per heavy atom. The van der Waals surface area contributed by atoms with Gasteiger partial charge in [0.05, 0.1) is 0 Å². The molecule has 0 amide bonds. The van der Waals surface area contributed by atoms with Crippen LogP contribution >= 0.6 is 0 Å². The van der Waals surface area contributed by atoms with Gasteiger partial charge in [0.2, 0.25) is 0 Å². The number of carbonyl (C=O) groups is 3. The van der Waals surface area contributed by atoms with Gasteiger partial charge in [-0.15, -0.1) is 0 Å². The Hall–Kier alpha value is -3.15. The summed E-state index contributed by atoms with van der Waals surface area (Å²) in [5.41, 5.74) is 0. The molecule has 452 valence electrons. The van der Waals surface area contributed by atoms with E-state index in [1.807, 2.05) is 0 Å². The Morgan fingerprint density at radius 2 is 0.500 bits per heavy atom. The largest absolute Gasteiger partial charge is 0.462 e. The fourth-order valence-corrected chi connectivity index (χ4v) is 9.88. The Kier molecular flexibility index (Phi) is 63.7. The summed E-state index contributed by atoms with van der Waals surface area (Å²) in [6, 6.07) is 0. The standard InChI is InChI=1S/C72H128O6/c1-4-7-10-13-16-19-22-25-28-31-33-35-36-37-39-41-44-47-50-53-56-59-62-65-71(74)77-68-69(67-76-70(73)64-61-58-55-52-49-46-43-40-30-27-24-21-18-15-12-9-6-3)78-72(75)66-63-60-57-54-51-48-45-42-38-34-32-29-26-23-20-17-14-11-8-5-2/h9,12,18,21-22,25,27,30-31,33,43,46,69H,4-8,10-11,13-17,19-20,23-24,26,28-29,32,34-42,44-45,47-68H2,1-3H3/b12-9-,21-18-,25-22-,30-27-,33-31-,46-43-. The zero-order valence-corrected chi connectivity index (χ0v) is 51.9. The highest BCUT2D eigenvalue weighted by atomic mass is 16.6. The maximum atomic E-state index is 12.9. The van der Waals surface area contributed by atoms with Crippen molar-refractivity contribution in [1.29, 1.82) is 0 Å². The highest BCUT2D eigenvalue weighted by molar-refractivity contribution is 5.71. The molecule has 0 aromatic rings. The topological polar surface area (TPSA) is 78.9 Å². The van der Waals surface area contributed by atoms with Crippen molar-refractivity contribution in [2.24, 2.45) is 0 Å². The van der Waals surface area contributed by atoms with Crippen LogP contribution in [0.4, 0.5) is 0 Å². The molecule has 1 unspecified atom stereocenters. The van der Waals surface area contributed by atoms with Crippen LogP contribution in [-0.2, 0) is 28.6 Å². The van der Waals surface area contributed by atoms with Crippen molar-refractivity contribution in [3.05, 3.63) is 72.9 Å². The molecule has 0 heterocycles. The number of esters is 3. The van der Waals surface area contributed by atoms with Gasteiger partial charge in [0, 0.05) is 19.3 Å². The molecule has 6 heteroatoms. The van der Waals surface area contributed by atoms with Crippen LogP contribution in [0.25, 0.3) is 0 Å². The van der Waals surface area contributed by atoms with Crippen LogP contribution in [0.1, 0.15) is 348 Å². The zero-order valence-electron chi connectivity index (χ0n) is 51.9. The summed E-state index contributed by atoms with van der Waals surface area (Å²) in [6.45, 7) is 6.55. The van der Waals surface area contributed by atoms with Gasteiger partial charge < -0.3 is 14.2 Å². The minimum Gasteiger partial charge on any atom is -0.462 e. The van der Waals surface area contributed by atoms with Crippen LogP contribution in [0.5, 0.6) is 0 Å². The van der Waals surface area contributed by atoms with E-state index < -0.39 is 6.10 Å². The minimum absolute atomic E-state index is 0.0813. The Balaban J connectivity index is 4.36. The predicted octanol–water partition coefficient (Wildman–Crippen LogP) is 23.3. The average molecular weight is 1090 g/mol. The van der Waals surface area contributed by atoms with Crippen LogP contribution in [0.3, 0.4) is 0 Å². The predicted molar refractivity (Wildman–Crippen MR) is 339 cm³/mol. The highest BCUT2D eigenvalue weighted by Crippen LogP contribution is 2.17. The van der Waals surface area contributed by atoms with Gasteiger partial charge in [-0.2, -0.15) is 0 Å². The van der Waals surface area contributed by atoms with Gasteiger partial charge in [0.25, 0.3) is 0 Å². The van der Waals surface area contributed by atoms with E-state index in [1.165, 1.54) is 205 Å². The maximum Gasteiger partial charge on any atom is 0.306 e. The van der Waals surface area contributed by atoms with E-state index >= 15 is 0 Å². The lowest BCUT2D eigenvalue weighted by molar-refractivity contribution is -0.167. The van der Waals surface area contributed by atoms with E-state index in [1.54, 1.807) is 0 Å². The van der Waals surface area contributed by atoms with E-state index in [0.717, 1.165) is 103 Å². The van der Waals surface area contributed by atoms with Crippen LogP contribution in [0.15, 0.2) is 72.9 Å². The number of hydrogen-bond acceptors (Lipinski definition) is 6. The number of ether oxygens (including phenoxy) is 3. The third-order valence-corrected chi connectivity index (χ3v) is 14.9. The number of unbranched alkanes of at least 4 members (excludes halogenated alkanes) is 39. The van der Waals surface area contributed by atoms with Crippen LogP contribution in [0.2, 0.25) is 0 Å². The summed E-state index contributed by atoms with van der Waals surface area (Å²) in [7, 11) is 0. The average Bonchev–Trinajstić information content (AvgIpc) is 3.44. The van der Waals surface area contributed by atoms with E-state index in [2.05, 4.69) is 93.7 Å². The number of rotatable bonds is 62. The molecule has 0 radical (unpaired) electrons. The van der Waals surface area contributed by atoms with Gasteiger partial charge in [-0.1, -0.05) is 312 Å². The monoisotopic (exact) mass is 1090 g/mol. The zero-order chi connectivity index (χ0) is 56.4. The summed E-state index contributed by atoms with van der Waals surface area (Å²) in [4.78, 5) is 38.4. The third-order valence-electron chi connectivity index (χ3n) is 14.9. The first kappa shape index (κ1) is 74.8. The van der Waals surface area contributed by atoms with Gasteiger partial charge in [0.1, 0.15) is 13.2 Å². The smallest absolute Gasteiger partial charge is 0.306 e. The molecule has 0 bridgehead atoms. The molecule has 1 atom stereocenters. The number of hydrogen-bond donors (Lipinski definition) is 0.